The smallest absolute Gasteiger partial charge is 0.271 e. The predicted octanol–water partition coefficient (Wildman–Crippen LogP) is 2.94. The second kappa shape index (κ2) is 5.76. The number of carbonyl (C=O) groups excluding carboxylic acids is 1. The molecular weight excluding hydrogens is 353 g/mol. The quantitative estimate of drug-likeness (QED) is 0.668. The lowest BCUT2D eigenvalue weighted by atomic mass is 10.1. The lowest BCUT2D eigenvalue weighted by Gasteiger charge is -2.04. The first kappa shape index (κ1) is 14.5. The van der Waals surface area contributed by atoms with Crippen molar-refractivity contribution in [3.8, 4) is 0 Å². The Balaban J connectivity index is 1.83. The van der Waals surface area contributed by atoms with Gasteiger partial charge in [0.25, 0.3) is 5.56 Å². The Morgan fingerprint density at radius 2 is 2.05 bits per heavy atom. The molecule has 3 rings (SSSR count). The normalized spacial score (nSPS) is 10.8. The van der Waals surface area contributed by atoms with Crippen LogP contribution >= 0.6 is 15.9 Å². The summed E-state index contributed by atoms with van der Waals surface area (Å²) in [6.45, 7) is 0. The van der Waals surface area contributed by atoms with Gasteiger partial charge in [-0.1, -0.05) is 0 Å². The Hall–Kier alpha value is -2.41. The molecule has 2 heterocycles. The third kappa shape index (κ3) is 2.94. The van der Waals surface area contributed by atoms with Crippen LogP contribution in [0.1, 0.15) is 5.56 Å². The van der Waals surface area contributed by atoms with Crippen LogP contribution in [0, 0.1) is 5.82 Å². The van der Waals surface area contributed by atoms with Gasteiger partial charge in [0.1, 0.15) is 11.5 Å². The number of amides is 1. The van der Waals surface area contributed by atoms with Gasteiger partial charge in [-0.05, 0) is 45.8 Å². The highest BCUT2D eigenvalue weighted by atomic mass is 79.9. The van der Waals surface area contributed by atoms with E-state index in [0.717, 1.165) is 5.52 Å². The second-order valence-electron chi connectivity index (χ2n) is 4.79. The molecule has 3 N–H and O–H groups in total. The lowest BCUT2D eigenvalue weighted by molar-refractivity contribution is -0.115. The number of hydrogen-bond acceptors (Lipinski definition) is 2. The van der Waals surface area contributed by atoms with Gasteiger partial charge in [0.05, 0.1) is 6.42 Å². The molecule has 0 fully saturated rings. The first-order valence-electron chi connectivity index (χ1n) is 6.46. The van der Waals surface area contributed by atoms with E-state index in [0.29, 0.717) is 15.4 Å². The molecule has 1 amide bonds. The minimum Gasteiger partial charge on any atom is -0.361 e. The Bertz CT molecular complexity index is 917. The number of carbonyl (C=O) groups is 1. The number of nitrogens with one attached hydrogen (secondary N) is 3. The fourth-order valence-electron chi connectivity index (χ4n) is 2.21. The van der Waals surface area contributed by atoms with E-state index in [4.69, 9.17) is 0 Å². The molecule has 0 unspecified atom stereocenters. The van der Waals surface area contributed by atoms with Crippen molar-refractivity contribution in [1.29, 1.82) is 0 Å². The summed E-state index contributed by atoms with van der Waals surface area (Å²) in [7, 11) is 0. The number of rotatable bonds is 3. The summed E-state index contributed by atoms with van der Waals surface area (Å²) in [6.07, 6.45) is 3.19. The fraction of sp³-hybridized carbons (Fsp3) is 0.0667. The summed E-state index contributed by atoms with van der Waals surface area (Å²) < 4.78 is 14.0. The zero-order chi connectivity index (χ0) is 15.7. The summed E-state index contributed by atoms with van der Waals surface area (Å²) in [5.41, 5.74) is 1.19. The number of halogens is 2. The van der Waals surface area contributed by atoms with E-state index >= 15 is 0 Å². The number of fused-ring (bicyclic) bond motifs is 1. The van der Waals surface area contributed by atoms with Crippen LogP contribution in [-0.4, -0.2) is 15.9 Å². The third-order valence-electron chi connectivity index (χ3n) is 3.22. The van der Waals surface area contributed by atoms with Gasteiger partial charge in [-0.25, -0.2) is 4.39 Å². The average Bonchev–Trinajstić information content (AvgIpc) is 2.85. The molecule has 3 aromatic rings. The summed E-state index contributed by atoms with van der Waals surface area (Å²) in [4.78, 5) is 29.2. The summed E-state index contributed by atoms with van der Waals surface area (Å²) >= 11 is 3.22. The summed E-state index contributed by atoms with van der Waals surface area (Å²) in [5, 5.41) is 3.20. The molecule has 0 atom stereocenters. The largest absolute Gasteiger partial charge is 0.361 e. The van der Waals surface area contributed by atoms with Crippen molar-refractivity contribution in [2.75, 3.05) is 5.32 Å². The molecule has 2 aromatic heterocycles. The highest BCUT2D eigenvalue weighted by Crippen LogP contribution is 2.20. The van der Waals surface area contributed by atoms with Crippen LogP contribution in [0.5, 0.6) is 0 Å². The van der Waals surface area contributed by atoms with Crippen LogP contribution in [0.2, 0.25) is 0 Å². The van der Waals surface area contributed by atoms with Gasteiger partial charge in [0.2, 0.25) is 5.91 Å². The molecule has 22 heavy (non-hydrogen) atoms. The Morgan fingerprint density at radius 1 is 1.23 bits per heavy atom. The molecule has 0 saturated carbocycles. The molecule has 0 bridgehead atoms. The Kier molecular flexibility index (Phi) is 3.81. The Morgan fingerprint density at radius 3 is 2.86 bits per heavy atom. The van der Waals surface area contributed by atoms with Crippen LogP contribution in [0.25, 0.3) is 10.9 Å². The van der Waals surface area contributed by atoms with E-state index in [1.54, 1.807) is 12.3 Å². The highest BCUT2D eigenvalue weighted by Gasteiger charge is 2.11. The maximum Gasteiger partial charge on any atom is 0.271 e. The SMILES string of the molecule is O=C(Cc1c[nH]c2ccc(F)cc12)Nc1cc(Br)c[nH]c1=O. The monoisotopic (exact) mass is 363 g/mol. The van der Waals surface area contributed by atoms with Gasteiger partial charge in [0.15, 0.2) is 0 Å². The average molecular weight is 364 g/mol. The van der Waals surface area contributed by atoms with Gasteiger partial charge < -0.3 is 15.3 Å². The van der Waals surface area contributed by atoms with Gasteiger partial charge >= 0.3 is 0 Å². The molecule has 5 nitrogen and oxygen atoms in total. The topological polar surface area (TPSA) is 77.8 Å². The number of aromatic nitrogens is 2. The highest BCUT2D eigenvalue weighted by molar-refractivity contribution is 9.10. The maximum absolute atomic E-state index is 13.3. The van der Waals surface area contributed by atoms with Gasteiger partial charge in [-0.15, -0.1) is 0 Å². The van der Waals surface area contributed by atoms with Crippen molar-refractivity contribution < 1.29 is 9.18 Å². The minimum atomic E-state index is -0.387. The van der Waals surface area contributed by atoms with Crippen LogP contribution < -0.4 is 10.9 Å². The van der Waals surface area contributed by atoms with Crippen molar-refractivity contribution in [1.82, 2.24) is 9.97 Å². The lowest BCUT2D eigenvalue weighted by Crippen LogP contribution is -2.20. The number of benzene rings is 1. The molecule has 0 aliphatic heterocycles. The molecule has 0 spiro atoms. The van der Waals surface area contributed by atoms with Gasteiger partial charge in [0, 0.05) is 27.8 Å². The van der Waals surface area contributed by atoms with Crippen molar-refractivity contribution in [2.24, 2.45) is 0 Å². The van der Waals surface area contributed by atoms with Gasteiger partial charge in [-0.3, -0.25) is 9.59 Å². The van der Waals surface area contributed by atoms with Crippen LogP contribution in [0.3, 0.4) is 0 Å². The zero-order valence-corrected chi connectivity index (χ0v) is 12.8. The van der Waals surface area contributed by atoms with E-state index < -0.39 is 0 Å². The zero-order valence-electron chi connectivity index (χ0n) is 11.2. The van der Waals surface area contributed by atoms with E-state index in [-0.39, 0.29) is 29.4 Å². The van der Waals surface area contributed by atoms with Crippen molar-refractivity contribution in [3.05, 3.63) is 62.9 Å². The Labute approximate surface area is 132 Å². The van der Waals surface area contributed by atoms with E-state index in [2.05, 4.69) is 31.2 Å². The van der Waals surface area contributed by atoms with E-state index in [1.807, 2.05) is 0 Å². The fourth-order valence-corrected chi connectivity index (χ4v) is 2.56. The molecule has 1 aromatic carbocycles. The molecule has 0 aliphatic carbocycles. The molecule has 7 heteroatoms. The molecule has 112 valence electrons. The second-order valence-corrected chi connectivity index (χ2v) is 5.71. The number of hydrogen-bond donors (Lipinski definition) is 3. The molecule has 0 radical (unpaired) electrons. The maximum atomic E-state index is 13.3. The number of pyridine rings is 1. The first-order chi connectivity index (χ1) is 10.5. The molecule has 0 saturated heterocycles. The number of aromatic amines is 2. The van der Waals surface area contributed by atoms with Crippen LogP contribution in [-0.2, 0) is 11.2 Å². The molecular formula is C15H11BrFN3O2. The summed E-state index contributed by atoms with van der Waals surface area (Å²) in [6, 6.07) is 5.86. The third-order valence-corrected chi connectivity index (χ3v) is 3.68. The number of anilines is 1. The van der Waals surface area contributed by atoms with Crippen molar-refractivity contribution in [2.45, 2.75) is 6.42 Å². The van der Waals surface area contributed by atoms with Crippen LogP contribution in [0.4, 0.5) is 10.1 Å². The minimum absolute atomic E-state index is 0.0371. The number of H-pyrrole nitrogens is 2. The van der Waals surface area contributed by atoms with E-state index in [9.17, 15) is 14.0 Å². The van der Waals surface area contributed by atoms with Crippen molar-refractivity contribution >= 4 is 38.4 Å². The summed E-state index contributed by atoms with van der Waals surface area (Å²) in [5.74, 6) is -0.717. The van der Waals surface area contributed by atoms with Gasteiger partial charge in [-0.2, -0.15) is 0 Å². The van der Waals surface area contributed by atoms with Crippen LogP contribution in [0.15, 0.2) is 45.9 Å². The standard InChI is InChI=1S/C15H11BrFN3O2/c16-9-4-13(15(22)19-7-9)20-14(21)3-8-6-18-12-2-1-10(17)5-11(8)12/h1-2,4-7,18H,3H2,(H,19,22)(H,20,21). The molecule has 0 aliphatic rings. The van der Waals surface area contributed by atoms with Crippen molar-refractivity contribution in [3.63, 3.8) is 0 Å². The van der Waals surface area contributed by atoms with E-state index in [1.165, 1.54) is 24.4 Å². The predicted molar refractivity (Wildman–Crippen MR) is 85.4 cm³/mol. The first-order valence-corrected chi connectivity index (χ1v) is 7.26.